The van der Waals surface area contributed by atoms with Gasteiger partial charge in [0.05, 0.1) is 31.3 Å². The summed E-state index contributed by atoms with van der Waals surface area (Å²) in [5.74, 6) is -2.00. The monoisotopic (exact) mass is 467 g/mol. The first-order chi connectivity index (χ1) is 15.7. The van der Waals surface area contributed by atoms with Gasteiger partial charge in [-0.2, -0.15) is 0 Å². The number of hydrogen-bond donors (Lipinski definition) is 4. The number of carbonyl (C=O) groups is 3. The lowest BCUT2D eigenvalue weighted by molar-refractivity contribution is -0.273. The highest BCUT2D eigenvalue weighted by Crippen LogP contribution is 2.23. The van der Waals surface area contributed by atoms with Gasteiger partial charge in [0.15, 0.2) is 6.29 Å². The number of aliphatic hydroxyl groups excluding tert-OH is 2. The van der Waals surface area contributed by atoms with E-state index in [1.54, 1.807) is 38.1 Å². The van der Waals surface area contributed by atoms with Gasteiger partial charge in [-0.1, -0.05) is 30.3 Å². The second kappa shape index (κ2) is 13.2. The van der Waals surface area contributed by atoms with Gasteiger partial charge < -0.3 is 34.8 Å². The van der Waals surface area contributed by atoms with Crippen molar-refractivity contribution < 1.29 is 43.9 Å². The summed E-state index contributed by atoms with van der Waals surface area (Å²) in [4.78, 5) is 34.9. The Hall–Kier alpha value is -2.53. The van der Waals surface area contributed by atoms with Gasteiger partial charge in [-0.25, -0.2) is 0 Å². The molecule has 1 aromatic carbocycles. The lowest BCUT2D eigenvalue weighted by Gasteiger charge is -2.36. The van der Waals surface area contributed by atoms with E-state index < -0.39 is 54.7 Å². The molecule has 1 saturated heterocycles. The van der Waals surface area contributed by atoms with Crippen LogP contribution in [0.1, 0.15) is 57.6 Å². The summed E-state index contributed by atoms with van der Waals surface area (Å²) in [6.07, 6.45) is -4.14. The van der Waals surface area contributed by atoms with Crippen LogP contribution in [0.5, 0.6) is 0 Å². The third-order valence-corrected chi connectivity index (χ3v) is 5.30. The standard InChI is InChI=1S/C23H33NO9/c1-14(31-23-18(26)12-17(25)15(2)32-23)8-11-22(30)33-19(16-6-4-3-5-7-16)13-24-20(27)9-10-21(28)29/h3-7,14-15,17-19,23,25-26H,8-13H2,1-2H3,(H,24,27)(H,28,29)/t14-,15+,17-,18-,19+,23-/m1/s1. The fraction of sp³-hybridized carbons (Fsp3) is 0.609. The normalized spacial score (nSPS) is 24.5. The van der Waals surface area contributed by atoms with E-state index in [-0.39, 0.29) is 32.2 Å². The maximum absolute atomic E-state index is 12.5. The summed E-state index contributed by atoms with van der Waals surface area (Å²) >= 11 is 0. The zero-order chi connectivity index (χ0) is 24.4. The van der Waals surface area contributed by atoms with Crippen molar-refractivity contribution in [2.45, 2.75) is 82.8 Å². The molecule has 1 aliphatic heterocycles. The van der Waals surface area contributed by atoms with E-state index >= 15 is 0 Å². The fourth-order valence-corrected chi connectivity index (χ4v) is 3.31. The van der Waals surface area contributed by atoms with E-state index in [4.69, 9.17) is 19.3 Å². The van der Waals surface area contributed by atoms with Crippen LogP contribution in [0.15, 0.2) is 30.3 Å². The number of carboxylic acids is 1. The number of carboxylic acid groups (broad SMARTS) is 1. The zero-order valence-corrected chi connectivity index (χ0v) is 18.9. The Bertz CT molecular complexity index is 772. The Labute approximate surface area is 192 Å². The zero-order valence-electron chi connectivity index (χ0n) is 18.9. The summed E-state index contributed by atoms with van der Waals surface area (Å²) in [7, 11) is 0. The number of rotatable bonds is 12. The fourth-order valence-electron chi connectivity index (χ4n) is 3.31. The molecule has 0 spiro atoms. The van der Waals surface area contributed by atoms with E-state index in [0.29, 0.717) is 12.0 Å². The topological polar surface area (TPSA) is 152 Å². The van der Waals surface area contributed by atoms with Crippen LogP contribution >= 0.6 is 0 Å². The van der Waals surface area contributed by atoms with Crippen LogP contribution in [0.2, 0.25) is 0 Å². The van der Waals surface area contributed by atoms with Gasteiger partial charge in [0.2, 0.25) is 5.91 Å². The van der Waals surface area contributed by atoms with Gasteiger partial charge in [0.25, 0.3) is 0 Å². The molecule has 10 nitrogen and oxygen atoms in total. The maximum atomic E-state index is 12.5. The Morgan fingerprint density at radius 2 is 1.82 bits per heavy atom. The minimum atomic E-state index is -1.07. The third kappa shape index (κ3) is 9.47. The van der Waals surface area contributed by atoms with Crippen molar-refractivity contribution in [2.24, 2.45) is 0 Å². The second-order valence-corrected chi connectivity index (χ2v) is 8.15. The molecule has 10 heteroatoms. The lowest BCUT2D eigenvalue weighted by atomic mass is 10.0. The van der Waals surface area contributed by atoms with Crippen molar-refractivity contribution in [1.82, 2.24) is 5.32 Å². The molecule has 1 heterocycles. The average Bonchev–Trinajstić information content (AvgIpc) is 2.78. The Balaban J connectivity index is 1.84. The molecule has 0 aromatic heterocycles. The highest BCUT2D eigenvalue weighted by molar-refractivity contribution is 5.80. The Morgan fingerprint density at radius 1 is 1.12 bits per heavy atom. The largest absolute Gasteiger partial charge is 0.481 e. The summed E-state index contributed by atoms with van der Waals surface area (Å²) < 4.78 is 16.7. The van der Waals surface area contributed by atoms with Crippen LogP contribution in [0.3, 0.4) is 0 Å². The molecule has 1 amide bonds. The quantitative estimate of drug-likeness (QED) is 0.333. The molecule has 0 bridgehead atoms. The first-order valence-corrected chi connectivity index (χ1v) is 11.1. The average molecular weight is 468 g/mol. The molecule has 0 unspecified atom stereocenters. The summed E-state index contributed by atoms with van der Waals surface area (Å²) in [6, 6.07) is 8.92. The first kappa shape index (κ1) is 26.7. The number of ether oxygens (including phenoxy) is 3. The van der Waals surface area contributed by atoms with Gasteiger partial charge in [-0.15, -0.1) is 0 Å². The number of benzene rings is 1. The number of esters is 1. The number of amides is 1. The molecule has 1 aromatic rings. The number of aliphatic carboxylic acids is 1. The Morgan fingerprint density at radius 3 is 2.48 bits per heavy atom. The van der Waals surface area contributed by atoms with Crippen molar-refractivity contribution in [3.63, 3.8) is 0 Å². The second-order valence-electron chi connectivity index (χ2n) is 8.15. The highest BCUT2D eigenvalue weighted by Gasteiger charge is 2.35. The minimum absolute atomic E-state index is 0.0164. The molecule has 0 aliphatic carbocycles. The van der Waals surface area contributed by atoms with E-state index in [9.17, 15) is 24.6 Å². The number of aliphatic hydroxyl groups is 2. The van der Waals surface area contributed by atoms with Gasteiger partial charge in [0.1, 0.15) is 12.2 Å². The molecule has 1 aliphatic rings. The molecule has 6 atom stereocenters. The summed E-state index contributed by atoms with van der Waals surface area (Å²) in [5, 5.41) is 31.1. The molecule has 184 valence electrons. The first-order valence-electron chi connectivity index (χ1n) is 11.1. The van der Waals surface area contributed by atoms with Crippen molar-refractivity contribution in [3.8, 4) is 0 Å². The van der Waals surface area contributed by atoms with Crippen LogP contribution in [0.4, 0.5) is 0 Å². The molecule has 33 heavy (non-hydrogen) atoms. The predicted octanol–water partition coefficient (Wildman–Crippen LogP) is 1.29. The van der Waals surface area contributed by atoms with E-state index in [1.807, 2.05) is 6.07 Å². The minimum Gasteiger partial charge on any atom is -0.481 e. The molecule has 0 saturated carbocycles. The number of carbonyl (C=O) groups excluding carboxylic acids is 2. The van der Waals surface area contributed by atoms with Crippen LogP contribution in [-0.4, -0.2) is 70.4 Å². The lowest BCUT2D eigenvalue weighted by Crippen LogP contribution is -2.48. The Kier molecular flexibility index (Phi) is 10.7. The van der Waals surface area contributed by atoms with Crippen molar-refractivity contribution >= 4 is 17.8 Å². The van der Waals surface area contributed by atoms with Crippen LogP contribution in [-0.2, 0) is 28.6 Å². The van der Waals surface area contributed by atoms with E-state index in [2.05, 4.69) is 5.32 Å². The van der Waals surface area contributed by atoms with Crippen LogP contribution in [0, 0.1) is 0 Å². The van der Waals surface area contributed by atoms with Crippen molar-refractivity contribution in [2.75, 3.05) is 6.54 Å². The third-order valence-electron chi connectivity index (χ3n) is 5.30. The van der Waals surface area contributed by atoms with E-state index in [0.717, 1.165) is 0 Å². The van der Waals surface area contributed by atoms with Crippen LogP contribution in [0.25, 0.3) is 0 Å². The van der Waals surface area contributed by atoms with Gasteiger partial charge in [-0.3, -0.25) is 14.4 Å². The SMILES string of the molecule is C[C@H](CCC(=O)O[C@@H](CNC(=O)CCC(=O)O)c1ccccc1)O[C@@H]1O[C@@H](C)[C@H](O)C[C@H]1O. The molecule has 4 N–H and O–H groups in total. The molecular formula is C23H33NO9. The van der Waals surface area contributed by atoms with Gasteiger partial charge in [-0.05, 0) is 25.8 Å². The molecule has 2 rings (SSSR count). The number of hydrogen-bond acceptors (Lipinski definition) is 8. The van der Waals surface area contributed by atoms with Gasteiger partial charge >= 0.3 is 11.9 Å². The molecule has 0 radical (unpaired) electrons. The predicted molar refractivity (Wildman–Crippen MR) is 116 cm³/mol. The molecular weight excluding hydrogens is 434 g/mol. The van der Waals surface area contributed by atoms with Gasteiger partial charge in [0, 0.05) is 19.3 Å². The molecule has 1 fully saturated rings. The smallest absolute Gasteiger partial charge is 0.306 e. The highest BCUT2D eigenvalue weighted by atomic mass is 16.7. The summed E-state index contributed by atoms with van der Waals surface area (Å²) in [5.41, 5.74) is 0.694. The van der Waals surface area contributed by atoms with E-state index in [1.165, 1.54) is 0 Å². The summed E-state index contributed by atoms with van der Waals surface area (Å²) in [6.45, 7) is 3.46. The van der Waals surface area contributed by atoms with Crippen molar-refractivity contribution in [1.29, 1.82) is 0 Å². The number of nitrogens with one attached hydrogen (secondary N) is 1. The van der Waals surface area contributed by atoms with Crippen molar-refractivity contribution in [3.05, 3.63) is 35.9 Å². The maximum Gasteiger partial charge on any atom is 0.306 e. The van der Waals surface area contributed by atoms with Crippen LogP contribution < -0.4 is 5.32 Å².